The Morgan fingerprint density at radius 2 is 2.24 bits per heavy atom. The molecule has 86 valence electrons. The Bertz CT molecular complexity index is 643. The molecule has 0 atom stereocenters. The molecule has 4 nitrogen and oxygen atoms in total. The first-order valence-electron chi connectivity index (χ1n) is 5.22. The fraction of sp³-hybridized carbons (Fsp3) is 0.167. The number of fused-ring (bicyclic) bond motifs is 1. The Balaban J connectivity index is 2.20. The maximum absolute atomic E-state index is 5.36. The second-order valence-corrected chi connectivity index (χ2v) is 4.61. The van der Waals surface area contributed by atoms with E-state index in [2.05, 4.69) is 23.1 Å². The van der Waals surface area contributed by atoms with Crippen molar-refractivity contribution in [3.05, 3.63) is 35.5 Å². The molecule has 0 spiro atoms. The molecule has 1 aromatic carbocycles. The van der Waals surface area contributed by atoms with Crippen molar-refractivity contribution >= 4 is 16.3 Å². The van der Waals surface area contributed by atoms with Gasteiger partial charge in [0, 0.05) is 5.56 Å². The van der Waals surface area contributed by atoms with Crippen LogP contribution in [0.3, 0.4) is 0 Å². The number of imidazole rings is 1. The summed E-state index contributed by atoms with van der Waals surface area (Å²) < 4.78 is 7.14. The Morgan fingerprint density at radius 1 is 1.35 bits per heavy atom. The van der Waals surface area contributed by atoms with Crippen LogP contribution in [0.25, 0.3) is 16.2 Å². The van der Waals surface area contributed by atoms with Crippen LogP contribution in [0.15, 0.2) is 29.9 Å². The molecule has 0 fully saturated rings. The summed E-state index contributed by atoms with van der Waals surface area (Å²) in [6, 6.07) is 6.07. The zero-order valence-corrected chi connectivity index (χ0v) is 10.4. The minimum atomic E-state index is 0.835. The minimum Gasteiger partial charge on any atom is -0.496 e. The van der Waals surface area contributed by atoms with Crippen LogP contribution in [-0.2, 0) is 0 Å². The van der Waals surface area contributed by atoms with Gasteiger partial charge in [0.15, 0.2) is 0 Å². The standard InChI is InChI=1S/C12H11N3OS/c1-8-3-4-11(16-2)9(5-8)10-6-15-12(14-10)17-7-13-15/h3-7H,1-2H3. The molecule has 0 saturated heterocycles. The molecule has 17 heavy (non-hydrogen) atoms. The molecule has 2 heterocycles. The number of aryl methyl sites for hydroxylation is 1. The third-order valence-electron chi connectivity index (χ3n) is 2.62. The van der Waals surface area contributed by atoms with Crippen molar-refractivity contribution in [3.8, 4) is 17.0 Å². The molecular formula is C12H11N3OS. The Labute approximate surface area is 102 Å². The maximum Gasteiger partial charge on any atom is 0.212 e. The molecule has 0 bridgehead atoms. The van der Waals surface area contributed by atoms with Crippen LogP contribution in [-0.4, -0.2) is 21.7 Å². The van der Waals surface area contributed by atoms with Crippen molar-refractivity contribution in [1.29, 1.82) is 0 Å². The summed E-state index contributed by atoms with van der Waals surface area (Å²) >= 11 is 1.52. The lowest BCUT2D eigenvalue weighted by atomic mass is 10.1. The topological polar surface area (TPSA) is 39.4 Å². The van der Waals surface area contributed by atoms with Crippen molar-refractivity contribution < 1.29 is 4.74 Å². The van der Waals surface area contributed by atoms with Crippen molar-refractivity contribution in [2.75, 3.05) is 7.11 Å². The van der Waals surface area contributed by atoms with Crippen molar-refractivity contribution in [3.63, 3.8) is 0 Å². The second-order valence-electron chi connectivity index (χ2n) is 3.80. The number of methoxy groups -OCH3 is 1. The van der Waals surface area contributed by atoms with Gasteiger partial charge >= 0.3 is 0 Å². The first-order chi connectivity index (χ1) is 8.28. The predicted octanol–water partition coefficient (Wildman–Crippen LogP) is 2.77. The van der Waals surface area contributed by atoms with Crippen LogP contribution in [0.4, 0.5) is 0 Å². The maximum atomic E-state index is 5.36. The van der Waals surface area contributed by atoms with Crippen LogP contribution < -0.4 is 4.74 Å². The van der Waals surface area contributed by atoms with E-state index in [0.29, 0.717) is 0 Å². The van der Waals surface area contributed by atoms with Crippen LogP contribution >= 0.6 is 11.3 Å². The van der Waals surface area contributed by atoms with E-state index < -0.39 is 0 Å². The van der Waals surface area contributed by atoms with Gasteiger partial charge in [-0.05, 0) is 19.1 Å². The lowest BCUT2D eigenvalue weighted by Crippen LogP contribution is -1.89. The van der Waals surface area contributed by atoms with Crippen LogP contribution in [0.5, 0.6) is 5.75 Å². The molecule has 0 aliphatic carbocycles. The summed E-state index contributed by atoms with van der Waals surface area (Å²) in [6.45, 7) is 2.06. The molecule has 0 N–H and O–H groups in total. The Kier molecular flexibility index (Phi) is 2.33. The second kappa shape index (κ2) is 3.85. The van der Waals surface area contributed by atoms with Gasteiger partial charge in [0.1, 0.15) is 11.3 Å². The Hall–Kier alpha value is -1.88. The first-order valence-corrected chi connectivity index (χ1v) is 6.10. The average Bonchev–Trinajstić information content (AvgIpc) is 2.88. The number of rotatable bonds is 2. The highest BCUT2D eigenvalue weighted by molar-refractivity contribution is 7.14. The van der Waals surface area contributed by atoms with Gasteiger partial charge in [-0.1, -0.05) is 23.0 Å². The highest BCUT2D eigenvalue weighted by Gasteiger charge is 2.11. The fourth-order valence-corrected chi connectivity index (χ4v) is 2.39. The summed E-state index contributed by atoms with van der Waals surface area (Å²) in [5.41, 5.74) is 4.86. The highest BCUT2D eigenvalue weighted by Crippen LogP contribution is 2.30. The number of hydrogen-bond acceptors (Lipinski definition) is 4. The van der Waals surface area contributed by atoms with E-state index >= 15 is 0 Å². The van der Waals surface area contributed by atoms with E-state index in [1.54, 1.807) is 17.1 Å². The summed E-state index contributed by atoms with van der Waals surface area (Å²) in [5, 5.41) is 4.17. The third-order valence-corrected chi connectivity index (χ3v) is 3.31. The normalized spacial score (nSPS) is 10.9. The zero-order valence-electron chi connectivity index (χ0n) is 9.54. The molecule has 3 rings (SSSR count). The van der Waals surface area contributed by atoms with E-state index in [1.807, 2.05) is 18.3 Å². The molecule has 3 aromatic rings. The fourth-order valence-electron chi connectivity index (χ4n) is 1.79. The summed E-state index contributed by atoms with van der Waals surface area (Å²) in [5.74, 6) is 0.835. The summed E-state index contributed by atoms with van der Waals surface area (Å²) in [7, 11) is 1.67. The van der Waals surface area contributed by atoms with Crippen molar-refractivity contribution in [2.24, 2.45) is 0 Å². The van der Waals surface area contributed by atoms with Crippen LogP contribution in [0, 0.1) is 6.92 Å². The van der Waals surface area contributed by atoms with Gasteiger partial charge < -0.3 is 4.74 Å². The largest absolute Gasteiger partial charge is 0.496 e. The summed E-state index contributed by atoms with van der Waals surface area (Å²) in [4.78, 5) is 5.42. The molecule has 0 amide bonds. The van der Waals surface area contributed by atoms with Gasteiger partial charge in [-0.2, -0.15) is 5.10 Å². The number of nitrogens with zero attached hydrogens (tertiary/aromatic N) is 3. The molecule has 5 heteroatoms. The SMILES string of the molecule is COc1ccc(C)cc1-c1cn2ncsc2n1. The Morgan fingerprint density at radius 3 is 3.00 bits per heavy atom. The van der Waals surface area contributed by atoms with E-state index in [0.717, 1.165) is 22.0 Å². The quantitative estimate of drug-likeness (QED) is 0.697. The smallest absolute Gasteiger partial charge is 0.212 e. The van der Waals surface area contributed by atoms with Gasteiger partial charge in [0.25, 0.3) is 0 Å². The minimum absolute atomic E-state index is 0.835. The molecule has 0 aliphatic heterocycles. The molecule has 0 aliphatic rings. The van der Waals surface area contributed by atoms with Gasteiger partial charge in [-0.3, -0.25) is 0 Å². The zero-order chi connectivity index (χ0) is 11.8. The third kappa shape index (κ3) is 1.68. The lowest BCUT2D eigenvalue weighted by Gasteiger charge is -2.06. The first kappa shape index (κ1) is 10.3. The molecular weight excluding hydrogens is 234 g/mol. The van der Waals surface area contributed by atoms with E-state index in [4.69, 9.17) is 4.74 Å². The van der Waals surface area contributed by atoms with E-state index in [-0.39, 0.29) is 0 Å². The van der Waals surface area contributed by atoms with Crippen molar-refractivity contribution in [2.45, 2.75) is 6.92 Å². The molecule has 0 unspecified atom stereocenters. The van der Waals surface area contributed by atoms with E-state index in [9.17, 15) is 0 Å². The van der Waals surface area contributed by atoms with E-state index in [1.165, 1.54) is 16.9 Å². The number of hydrogen-bond donors (Lipinski definition) is 0. The monoisotopic (exact) mass is 245 g/mol. The van der Waals surface area contributed by atoms with Gasteiger partial charge in [0.2, 0.25) is 4.96 Å². The van der Waals surface area contributed by atoms with Crippen molar-refractivity contribution in [1.82, 2.24) is 14.6 Å². The number of ether oxygens (including phenoxy) is 1. The lowest BCUT2D eigenvalue weighted by molar-refractivity contribution is 0.416. The van der Waals surface area contributed by atoms with Gasteiger partial charge in [0.05, 0.1) is 19.0 Å². The molecule has 2 aromatic heterocycles. The highest BCUT2D eigenvalue weighted by atomic mass is 32.1. The predicted molar refractivity (Wildman–Crippen MR) is 67.6 cm³/mol. The summed E-state index contributed by atoms with van der Waals surface area (Å²) in [6.07, 6.45) is 1.92. The molecule has 0 radical (unpaired) electrons. The van der Waals surface area contributed by atoms with Crippen LogP contribution in [0.1, 0.15) is 5.56 Å². The number of aromatic nitrogens is 3. The van der Waals surface area contributed by atoms with Gasteiger partial charge in [-0.25, -0.2) is 9.50 Å². The number of benzene rings is 1. The molecule has 0 saturated carbocycles. The van der Waals surface area contributed by atoms with Crippen LogP contribution in [0.2, 0.25) is 0 Å². The average molecular weight is 245 g/mol. The van der Waals surface area contributed by atoms with Gasteiger partial charge in [-0.15, -0.1) is 0 Å².